The van der Waals surface area contributed by atoms with Gasteiger partial charge in [0.15, 0.2) is 5.69 Å². The van der Waals surface area contributed by atoms with Gasteiger partial charge in [-0.3, -0.25) is 4.79 Å². The number of nitrogens with one attached hydrogen (secondary N) is 1. The fourth-order valence-electron chi connectivity index (χ4n) is 3.52. The van der Waals surface area contributed by atoms with E-state index in [1.54, 1.807) is 55.6 Å². The molecule has 3 aromatic rings. The van der Waals surface area contributed by atoms with Gasteiger partial charge in [-0.2, -0.15) is 4.31 Å². The molecule has 1 aromatic heterocycles. The van der Waals surface area contributed by atoms with Gasteiger partial charge in [-0.1, -0.05) is 22.9 Å². The lowest BCUT2D eigenvalue weighted by molar-refractivity contribution is 0.0936. The second kappa shape index (κ2) is 9.63. The lowest BCUT2D eigenvalue weighted by Crippen LogP contribution is -2.37. The molecular formula is C23H25N3O6S. The van der Waals surface area contributed by atoms with Crippen molar-refractivity contribution in [3.05, 3.63) is 71.1 Å². The van der Waals surface area contributed by atoms with E-state index in [1.165, 1.54) is 4.31 Å². The maximum atomic E-state index is 13.0. The second-order valence-corrected chi connectivity index (χ2v) is 9.55. The van der Waals surface area contributed by atoms with Crippen molar-refractivity contribution in [3.8, 4) is 11.5 Å². The molecule has 10 heteroatoms. The molecule has 1 N–H and O–H groups in total. The Bertz CT molecular complexity index is 1220. The summed E-state index contributed by atoms with van der Waals surface area (Å²) < 4.78 is 43.5. The normalized spacial score (nSPS) is 13.9. The number of carbonyl (C=O) groups is 1. The van der Waals surface area contributed by atoms with Crippen LogP contribution in [0.4, 0.5) is 0 Å². The van der Waals surface area contributed by atoms with E-state index in [0.717, 1.165) is 11.3 Å². The first-order chi connectivity index (χ1) is 15.9. The molecule has 1 aliphatic heterocycles. The van der Waals surface area contributed by atoms with Crippen molar-refractivity contribution in [1.29, 1.82) is 0 Å². The number of carbonyl (C=O) groups excluding carboxylic acids is 1. The highest BCUT2D eigenvalue weighted by atomic mass is 32.2. The largest absolute Gasteiger partial charge is 0.497 e. The van der Waals surface area contributed by atoms with Crippen molar-refractivity contribution in [2.24, 2.45) is 0 Å². The standard InChI is InChI=1S/C23H25N3O6S/c1-16-3-9-19(10-4-16)33(28,29)26-13-11-21-20(15-26)22(25-32-21)23(27)24-12-14-31-18-7-5-17(30-2)6-8-18/h3-10H,11-15H2,1-2H3,(H,24,27). The number of sulfonamides is 1. The minimum absolute atomic E-state index is 0.0279. The van der Waals surface area contributed by atoms with Gasteiger partial charge in [0.05, 0.1) is 18.6 Å². The van der Waals surface area contributed by atoms with Crippen LogP contribution in [0.15, 0.2) is 57.9 Å². The number of aromatic nitrogens is 1. The van der Waals surface area contributed by atoms with E-state index in [4.69, 9.17) is 14.0 Å². The number of nitrogens with zero attached hydrogens (tertiary/aromatic N) is 2. The molecule has 0 radical (unpaired) electrons. The lowest BCUT2D eigenvalue weighted by Gasteiger charge is -2.25. The highest BCUT2D eigenvalue weighted by Crippen LogP contribution is 2.27. The summed E-state index contributed by atoms with van der Waals surface area (Å²) in [4.78, 5) is 12.9. The third kappa shape index (κ3) is 5.01. The molecule has 174 valence electrons. The maximum absolute atomic E-state index is 13.0. The average Bonchev–Trinajstić information content (AvgIpc) is 3.26. The summed E-state index contributed by atoms with van der Waals surface area (Å²) in [6.07, 6.45) is 0.348. The van der Waals surface area contributed by atoms with Crippen LogP contribution >= 0.6 is 0 Å². The van der Waals surface area contributed by atoms with Gasteiger partial charge in [-0.15, -0.1) is 0 Å². The van der Waals surface area contributed by atoms with E-state index in [9.17, 15) is 13.2 Å². The first-order valence-electron chi connectivity index (χ1n) is 10.5. The molecule has 9 nitrogen and oxygen atoms in total. The van der Waals surface area contributed by atoms with E-state index in [1.807, 2.05) is 6.92 Å². The Kier molecular flexibility index (Phi) is 6.66. The Morgan fingerprint density at radius 2 is 1.82 bits per heavy atom. The fourth-order valence-corrected chi connectivity index (χ4v) is 4.93. The number of methoxy groups -OCH3 is 1. The molecule has 0 aliphatic carbocycles. The summed E-state index contributed by atoms with van der Waals surface area (Å²) in [7, 11) is -2.11. The highest BCUT2D eigenvalue weighted by Gasteiger charge is 2.33. The number of hydrogen-bond acceptors (Lipinski definition) is 7. The number of amides is 1. The third-order valence-corrected chi connectivity index (χ3v) is 7.24. The number of benzene rings is 2. The summed E-state index contributed by atoms with van der Waals surface area (Å²) in [5.74, 6) is 1.48. The smallest absolute Gasteiger partial charge is 0.273 e. The minimum Gasteiger partial charge on any atom is -0.497 e. The quantitative estimate of drug-likeness (QED) is 0.503. The van der Waals surface area contributed by atoms with Crippen LogP contribution in [0.2, 0.25) is 0 Å². The van der Waals surface area contributed by atoms with Crippen LogP contribution in [0.25, 0.3) is 0 Å². The molecule has 33 heavy (non-hydrogen) atoms. The minimum atomic E-state index is -3.70. The van der Waals surface area contributed by atoms with Crippen LogP contribution in [-0.4, -0.2) is 50.6 Å². The van der Waals surface area contributed by atoms with Crippen molar-refractivity contribution in [2.45, 2.75) is 24.8 Å². The number of rotatable bonds is 8. The van der Waals surface area contributed by atoms with Crippen molar-refractivity contribution in [2.75, 3.05) is 26.8 Å². The van der Waals surface area contributed by atoms with Crippen molar-refractivity contribution >= 4 is 15.9 Å². The lowest BCUT2D eigenvalue weighted by atomic mass is 10.1. The van der Waals surface area contributed by atoms with Crippen LogP contribution in [0.1, 0.15) is 27.4 Å². The summed E-state index contributed by atoms with van der Waals surface area (Å²) in [6, 6.07) is 13.8. The van der Waals surface area contributed by atoms with Gasteiger partial charge in [0.2, 0.25) is 10.0 Å². The molecule has 2 aromatic carbocycles. The van der Waals surface area contributed by atoms with Crippen molar-refractivity contribution in [1.82, 2.24) is 14.8 Å². The fraction of sp³-hybridized carbons (Fsp3) is 0.304. The molecule has 0 unspecified atom stereocenters. The number of aryl methyl sites for hydroxylation is 1. The summed E-state index contributed by atoms with van der Waals surface area (Å²) in [5, 5.41) is 6.63. The molecule has 2 heterocycles. The zero-order valence-electron chi connectivity index (χ0n) is 18.4. The van der Waals surface area contributed by atoms with E-state index in [0.29, 0.717) is 23.5 Å². The molecule has 0 atom stereocenters. The zero-order valence-corrected chi connectivity index (χ0v) is 19.2. The molecule has 0 fully saturated rings. The van der Waals surface area contributed by atoms with Crippen LogP contribution in [0.5, 0.6) is 11.5 Å². The van der Waals surface area contributed by atoms with Gasteiger partial charge in [0, 0.05) is 25.1 Å². The van der Waals surface area contributed by atoms with Gasteiger partial charge in [0.25, 0.3) is 5.91 Å². The van der Waals surface area contributed by atoms with Crippen molar-refractivity contribution in [3.63, 3.8) is 0 Å². The maximum Gasteiger partial charge on any atom is 0.273 e. The monoisotopic (exact) mass is 471 g/mol. The van der Waals surface area contributed by atoms with Gasteiger partial charge in [-0.05, 0) is 43.3 Å². The van der Waals surface area contributed by atoms with E-state index >= 15 is 0 Å². The molecule has 1 amide bonds. The average molecular weight is 472 g/mol. The Hall–Kier alpha value is -3.37. The Morgan fingerprint density at radius 3 is 2.52 bits per heavy atom. The van der Waals surface area contributed by atoms with Gasteiger partial charge in [-0.25, -0.2) is 8.42 Å². The van der Waals surface area contributed by atoms with Crippen LogP contribution < -0.4 is 14.8 Å². The number of fused-ring (bicyclic) bond motifs is 1. The molecular weight excluding hydrogens is 446 g/mol. The molecule has 4 rings (SSSR count). The van der Waals surface area contributed by atoms with Crippen LogP contribution in [-0.2, 0) is 23.0 Å². The molecule has 1 aliphatic rings. The summed E-state index contributed by atoms with van der Waals surface area (Å²) in [6.45, 7) is 2.69. The second-order valence-electron chi connectivity index (χ2n) is 7.61. The number of ether oxygens (including phenoxy) is 2. The first kappa shape index (κ1) is 22.8. The Labute approximate surface area is 192 Å². The van der Waals surface area contributed by atoms with Gasteiger partial charge >= 0.3 is 0 Å². The molecule has 0 bridgehead atoms. The predicted octanol–water partition coefficient (Wildman–Crippen LogP) is 2.55. The topological polar surface area (TPSA) is 111 Å². The predicted molar refractivity (Wildman–Crippen MR) is 120 cm³/mol. The van der Waals surface area contributed by atoms with Gasteiger partial charge in [0.1, 0.15) is 23.9 Å². The van der Waals surface area contributed by atoms with Crippen LogP contribution in [0, 0.1) is 6.92 Å². The Morgan fingerprint density at radius 1 is 1.12 bits per heavy atom. The summed E-state index contributed by atoms with van der Waals surface area (Å²) in [5.41, 5.74) is 1.56. The molecule has 0 saturated carbocycles. The number of hydrogen-bond donors (Lipinski definition) is 1. The summed E-state index contributed by atoms with van der Waals surface area (Å²) >= 11 is 0. The SMILES string of the molecule is COc1ccc(OCCNC(=O)c2noc3c2CN(S(=O)(=O)c2ccc(C)cc2)CC3)cc1. The van der Waals surface area contributed by atoms with Crippen LogP contribution in [0.3, 0.4) is 0 Å². The van der Waals surface area contributed by atoms with Gasteiger partial charge < -0.3 is 19.3 Å². The van der Waals surface area contributed by atoms with Crippen molar-refractivity contribution < 1.29 is 27.2 Å². The van der Waals surface area contributed by atoms with E-state index in [-0.39, 0.29) is 36.8 Å². The third-order valence-electron chi connectivity index (χ3n) is 5.38. The Balaban J connectivity index is 1.37. The molecule has 0 saturated heterocycles. The van der Waals surface area contributed by atoms with E-state index in [2.05, 4.69) is 10.5 Å². The highest BCUT2D eigenvalue weighted by molar-refractivity contribution is 7.89. The first-order valence-corrected chi connectivity index (χ1v) is 11.9. The zero-order chi connectivity index (χ0) is 23.4. The van der Waals surface area contributed by atoms with E-state index < -0.39 is 15.9 Å². The molecule has 0 spiro atoms.